The molecule has 9 heteroatoms. The zero-order valence-electron chi connectivity index (χ0n) is 16.9. The first-order valence-corrected chi connectivity index (χ1v) is 10.9. The van der Waals surface area contributed by atoms with Gasteiger partial charge in [-0.1, -0.05) is 32.3 Å². The van der Waals surface area contributed by atoms with Crippen molar-refractivity contribution in [3.8, 4) is 5.75 Å². The van der Waals surface area contributed by atoms with Crippen LogP contribution in [-0.4, -0.2) is 44.0 Å². The average molecular weight is 428 g/mol. The first-order chi connectivity index (χ1) is 13.3. The van der Waals surface area contributed by atoms with E-state index in [9.17, 15) is 13.2 Å². The van der Waals surface area contributed by atoms with Crippen LogP contribution in [0.2, 0.25) is 0 Å². The van der Waals surface area contributed by atoms with E-state index >= 15 is 0 Å². The van der Waals surface area contributed by atoms with E-state index in [1.165, 1.54) is 7.11 Å². The van der Waals surface area contributed by atoms with Crippen molar-refractivity contribution in [1.29, 1.82) is 0 Å². The molecule has 1 aromatic rings. The van der Waals surface area contributed by atoms with E-state index in [0.717, 1.165) is 25.7 Å². The topological polar surface area (TPSA) is 88.1 Å². The van der Waals surface area contributed by atoms with Crippen LogP contribution >= 0.6 is 12.2 Å². The second-order valence-corrected chi connectivity index (χ2v) is 7.44. The van der Waals surface area contributed by atoms with Gasteiger partial charge in [-0.2, -0.15) is 8.42 Å². The van der Waals surface area contributed by atoms with E-state index in [2.05, 4.69) is 16.6 Å². The normalized spacial score (nSPS) is 11.4. The number of nitrogens with one attached hydrogen (secondary N) is 1. The average Bonchev–Trinajstić information content (AvgIpc) is 2.62. The fourth-order valence-electron chi connectivity index (χ4n) is 2.87. The SMILES string of the molecule is CCCCC[C@H](C)N(C(=O)Cc1ccc(OC)c(N=S(=O)=O)c1)C(=S)NCC. The molecule has 1 amide bonds. The van der Waals surface area contributed by atoms with Crippen molar-refractivity contribution in [2.24, 2.45) is 4.36 Å². The summed E-state index contributed by atoms with van der Waals surface area (Å²) < 4.78 is 30.5. The zero-order chi connectivity index (χ0) is 21.1. The van der Waals surface area contributed by atoms with E-state index < -0.39 is 10.5 Å². The Labute approximate surface area is 174 Å². The lowest BCUT2D eigenvalue weighted by Gasteiger charge is -2.30. The number of amides is 1. The van der Waals surface area contributed by atoms with Crippen LogP contribution in [0.1, 0.15) is 52.0 Å². The molecule has 0 radical (unpaired) electrons. The van der Waals surface area contributed by atoms with Crippen LogP contribution in [0, 0.1) is 0 Å². The van der Waals surface area contributed by atoms with Gasteiger partial charge in [0.05, 0.1) is 13.5 Å². The van der Waals surface area contributed by atoms with Gasteiger partial charge < -0.3 is 10.1 Å². The molecule has 1 aromatic carbocycles. The number of thiocarbonyl (C=S) groups is 1. The lowest BCUT2D eigenvalue weighted by Crippen LogP contribution is -2.49. The molecule has 0 aliphatic heterocycles. The fourth-order valence-corrected chi connectivity index (χ4v) is 3.60. The van der Waals surface area contributed by atoms with Crippen LogP contribution in [0.25, 0.3) is 0 Å². The zero-order valence-corrected chi connectivity index (χ0v) is 18.5. The van der Waals surface area contributed by atoms with E-state index in [1.54, 1.807) is 23.1 Å². The molecule has 1 N–H and O–H groups in total. The third-order valence-corrected chi connectivity index (χ3v) is 4.94. The Bertz CT molecular complexity index is 801. The molecule has 0 aliphatic rings. The van der Waals surface area contributed by atoms with Crippen LogP contribution in [0.15, 0.2) is 22.6 Å². The highest BCUT2D eigenvalue weighted by molar-refractivity contribution is 7.80. The van der Waals surface area contributed by atoms with Crippen LogP contribution in [0.3, 0.4) is 0 Å². The maximum Gasteiger partial charge on any atom is 0.316 e. The number of hydrogen-bond acceptors (Lipinski definition) is 6. The van der Waals surface area contributed by atoms with Crippen LogP contribution in [-0.2, 0) is 21.7 Å². The molecule has 0 saturated carbocycles. The Kier molecular flexibility index (Phi) is 10.7. The Hall–Kier alpha value is -2.00. The number of ether oxygens (including phenoxy) is 1. The standard InChI is InChI=1S/C19H29N3O4S2/c1-5-7-8-9-14(3)22(19(27)20-6-2)18(23)13-15-10-11-17(26-4)16(12-15)21-28(24)25/h10-12,14H,5-9,13H2,1-4H3,(H,20,27)/t14-/m0/s1. The number of rotatable bonds is 10. The van der Waals surface area contributed by atoms with Crippen molar-refractivity contribution in [2.75, 3.05) is 13.7 Å². The Balaban J connectivity index is 3.06. The second kappa shape index (κ2) is 12.5. The molecule has 156 valence electrons. The molecule has 1 rings (SSSR count). The molecule has 0 spiro atoms. The van der Waals surface area contributed by atoms with Gasteiger partial charge in [0.1, 0.15) is 11.4 Å². The number of benzene rings is 1. The molecular formula is C19H29N3O4S2. The van der Waals surface area contributed by atoms with Gasteiger partial charge in [-0.05, 0) is 50.2 Å². The Morgan fingerprint density at radius 1 is 1.32 bits per heavy atom. The minimum Gasteiger partial charge on any atom is -0.494 e. The summed E-state index contributed by atoms with van der Waals surface area (Å²) in [6.45, 7) is 6.69. The summed E-state index contributed by atoms with van der Waals surface area (Å²) in [4.78, 5) is 14.6. The molecule has 7 nitrogen and oxygen atoms in total. The highest BCUT2D eigenvalue weighted by Crippen LogP contribution is 2.28. The summed E-state index contributed by atoms with van der Waals surface area (Å²) in [7, 11) is -1.18. The van der Waals surface area contributed by atoms with Gasteiger partial charge in [-0.25, -0.2) is 0 Å². The molecule has 0 aromatic heterocycles. The van der Waals surface area contributed by atoms with Crippen LogP contribution < -0.4 is 10.1 Å². The largest absolute Gasteiger partial charge is 0.494 e. The van der Waals surface area contributed by atoms with Gasteiger partial charge in [0.15, 0.2) is 5.11 Å². The highest BCUT2D eigenvalue weighted by atomic mass is 32.2. The van der Waals surface area contributed by atoms with Gasteiger partial charge in [-0.15, -0.1) is 4.36 Å². The number of carbonyl (C=O) groups excluding carboxylic acids is 1. The lowest BCUT2D eigenvalue weighted by molar-refractivity contribution is -0.128. The Morgan fingerprint density at radius 2 is 2.04 bits per heavy atom. The monoisotopic (exact) mass is 427 g/mol. The smallest absolute Gasteiger partial charge is 0.316 e. The Morgan fingerprint density at radius 3 is 2.61 bits per heavy atom. The maximum atomic E-state index is 13.0. The minimum absolute atomic E-state index is 0.0258. The molecule has 28 heavy (non-hydrogen) atoms. The quantitative estimate of drug-likeness (QED) is 0.453. The number of unbranched alkanes of at least 4 members (excludes halogenated alkanes) is 2. The van der Waals surface area contributed by atoms with Gasteiger partial charge in [-0.3, -0.25) is 9.69 Å². The maximum absolute atomic E-state index is 13.0. The fraction of sp³-hybridized carbons (Fsp3) is 0.579. The first-order valence-electron chi connectivity index (χ1n) is 9.41. The molecule has 0 aliphatic carbocycles. The number of hydrogen-bond donors (Lipinski definition) is 1. The summed E-state index contributed by atoms with van der Waals surface area (Å²) in [6.07, 6.45) is 4.19. The number of carbonyl (C=O) groups is 1. The van der Waals surface area contributed by atoms with Gasteiger partial charge >= 0.3 is 10.5 Å². The second-order valence-electron chi connectivity index (χ2n) is 6.44. The highest BCUT2D eigenvalue weighted by Gasteiger charge is 2.24. The molecular weight excluding hydrogens is 398 g/mol. The molecule has 1 atom stereocenters. The first kappa shape index (κ1) is 24.0. The summed E-state index contributed by atoms with van der Waals surface area (Å²) in [6, 6.07) is 4.84. The van der Waals surface area contributed by atoms with Crippen molar-refractivity contribution in [3.05, 3.63) is 23.8 Å². The summed E-state index contributed by atoms with van der Waals surface area (Å²) >= 11 is 5.42. The van der Waals surface area contributed by atoms with E-state index in [4.69, 9.17) is 17.0 Å². The number of methoxy groups -OCH3 is 1. The third-order valence-electron chi connectivity index (χ3n) is 4.25. The lowest BCUT2D eigenvalue weighted by atomic mass is 10.1. The van der Waals surface area contributed by atoms with Crippen molar-refractivity contribution < 1.29 is 17.9 Å². The predicted octanol–water partition coefficient (Wildman–Crippen LogP) is 3.62. The molecule has 0 bridgehead atoms. The minimum atomic E-state index is -2.61. The summed E-state index contributed by atoms with van der Waals surface area (Å²) in [5.74, 6) is 0.183. The molecule has 0 unspecified atom stereocenters. The summed E-state index contributed by atoms with van der Waals surface area (Å²) in [5, 5.41) is 3.47. The van der Waals surface area contributed by atoms with Crippen molar-refractivity contribution >= 4 is 39.4 Å². The van der Waals surface area contributed by atoms with E-state index in [1.807, 2.05) is 13.8 Å². The van der Waals surface area contributed by atoms with E-state index in [0.29, 0.717) is 23.0 Å². The number of nitrogens with zero attached hydrogens (tertiary/aromatic N) is 2. The van der Waals surface area contributed by atoms with Gasteiger partial charge in [0, 0.05) is 12.6 Å². The van der Waals surface area contributed by atoms with Crippen LogP contribution in [0.5, 0.6) is 5.75 Å². The van der Waals surface area contributed by atoms with E-state index in [-0.39, 0.29) is 24.1 Å². The van der Waals surface area contributed by atoms with Crippen molar-refractivity contribution in [1.82, 2.24) is 10.2 Å². The van der Waals surface area contributed by atoms with Crippen molar-refractivity contribution in [3.63, 3.8) is 0 Å². The predicted molar refractivity (Wildman–Crippen MR) is 114 cm³/mol. The molecule has 0 fully saturated rings. The molecule has 0 saturated heterocycles. The third kappa shape index (κ3) is 7.55. The van der Waals surface area contributed by atoms with Crippen molar-refractivity contribution in [2.45, 2.75) is 58.9 Å². The molecule has 0 heterocycles. The van der Waals surface area contributed by atoms with Crippen LogP contribution in [0.4, 0.5) is 5.69 Å². The van der Waals surface area contributed by atoms with Gasteiger partial charge in [0.2, 0.25) is 5.91 Å². The van der Waals surface area contributed by atoms with Gasteiger partial charge in [0.25, 0.3) is 0 Å². The summed E-state index contributed by atoms with van der Waals surface area (Å²) in [5.41, 5.74) is 0.804.